The fraction of sp³-hybridized carbons (Fsp3) is 0.250. The first-order valence-electron chi connectivity index (χ1n) is 3.37. The van der Waals surface area contributed by atoms with Crippen LogP contribution in [0.2, 0.25) is 0 Å². The third kappa shape index (κ3) is 1.89. The van der Waals surface area contributed by atoms with E-state index < -0.39 is 0 Å². The Labute approximate surface area is 69.8 Å². The van der Waals surface area contributed by atoms with Crippen molar-refractivity contribution >= 4 is 16.9 Å². The lowest BCUT2D eigenvalue weighted by molar-refractivity contribution is 1.21. The van der Waals surface area contributed by atoms with Crippen molar-refractivity contribution in [3.8, 4) is 6.07 Å². The van der Waals surface area contributed by atoms with Gasteiger partial charge in [0.25, 0.3) is 0 Å². The van der Waals surface area contributed by atoms with E-state index in [1.54, 1.807) is 23.6 Å². The lowest BCUT2D eigenvalue weighted by atomic mass is 10.2. The van der Waals surface area contributed by atoms with Gasteiger partial charge in [0.2, 0.25) is 0 Å². The maximum absolute atomic E-state index is 8.42. The van der Waals surface area contributed by atoms with Crippen LogP contribution in [0.4, 0.5) is 0 Å². The van der Waals surface area contributed by atoms with Gasteiger partial charge in [-0.1, -0.05) is 6.92 Å². The van der Waals surface area contributed by atoms with Gasteiger partial charge in [-0.25, -0.2) is 4.98 Å². The zero-order valence-corrected chi connectivity index (χ0v) is 7.06. The molecule has 0 aromatic carbocycles. The summed E-state index contributed by atoms with van der Waals surface area (Å²) in [6.45, 7) is 2.02. The van der Waals surface area contributed by atoms with Gasteiger partial charge in [-0.05, 0) is 12.0 Å². The van der Waals surface area contributed by atoms with Crippen LogP contribution in [-0.4, -0.2) is 4.98 Å². The predicted molar refractivity (Wildman–Crippen MR) is 46.0 cm³/mol. The van der Waals surface area contributed by atoms with Crippen molar-refractivity contribution in [1.29, 1.82) is 5.26 Å². The van der Waals surface area contributed by atoms with Gasteiger partial charge >= 0.3 is 0 Å². The van der Waals surface area contributed by atoms with Crippen LogP contribution < -0.4 is 0 Å². The number of rotatable bonds is 2. The summed E-state index contributed by atoms with van der Waals surface area (Å²) < 4.78 is 0. The fourth-order valence-corrected chi connectivity index (χ4v) is 1.50. The molecule has 0 aliphatic rings. The van der Waals surface area contributed by atoms with E-state index in [4.69, 9.17) is 5.26 Å². The molecule has 2 nitrogen and oxygen atoms in total. The summed E-state index contributed by atoms with van der Waals surface area (Å²) in [7, 11) is 0. The van der Waals surface area contributed by atoms with Crippen LogP contribution in [0.25, 0.3) is 5.57 Å². The van der Waals surface area contributed by atoms with Crippen LogP contribution in [0.1, 0.15) is 18.4 Å². The van der Waals surface area contributed by atoms with Gasteiger partial charge < -0.3 is 0 Å². The molecular weight excluding hydrogens is 156 g/mol. The summed E-state index contributed by atoms with van der Waals surface area (Å²) in [6, 6.07) is 2.01. The summed E-state index contributed by atoms with van der Waals surface area (Å²) in [5.74, 6) is 0. The summed E-state index contributed by atoms with van der Waals surface area (Å²) in [5, 5.41) is 11.3. The highest BCUT2D eigenvalue weighted by molar-refractivity contribution is 7.10. The largest absolute Gasteiger partial charge is 0.245 e. The zero-order chi connectivity index (χ0) is 8.10. The van der Waals surface area contributed by atoms with E-state index in [0.29, 0.717) is 0 Å². The minimum atomic E-state index is 0.862. The summed E-state index contributed by atoms with van der Waals surface area (Å²) >= 11 is 1.57. The fourth-order valence-electron chi connectivity index (χ4n) is 0.775. The van der Waals surface area contributed by atoms with Crippen molar-refractivity contribution in [2.24, 2.45) is 0 Å². The average Bonchev–Trinajstić information content (AvgIpc) is 2.52. The molecule has 0 aliphatic heterocycles. The Kier molecular flexibility index (Phi) is 2.82. The Balaban J connectivity index is 2.91. The maximum Gasteiger partial charge on any atom is 0.119 e. The Morgan fingerprint density at radius 1 is 1.91 bits per heavy atom. The molecule has 0 saturated heterocycles. The maximum atomic E-state index is 8.42. The molecule has 1 heterocycles. The molecule has 1 rings (SSSR count). The molecule has 0 saturated carbocycles. The quantitative estimate of drug-likeness (QED) is 0.629. The third-order valence-corrected chi connectivity index (χ3v) is 2.18. The zero-order valence-electron chi connectivity index (χ0n) is 6.24. The van der Waals surface area contributed by atoms with Crippen LogP contribution in [0.3, 0.4) is 0 Å². The summed E-state index contributed by atoms with van der Waals surface area (Å²) in [5.41, 5.74) is 1.02. The topological polar surface area (TPSA) is 36.7 Å². The lowest BCUT2D eigenvalue weighted by Crippen LogP contribution is -1.78. The molecule has 1 aromatic heterocycles. The van der Waals surface area contributed by atoms with Crippen LogP contribution in [0.5, 0.6) is 0 Å². The SMILES string of the molecule is CCC(=CC#N)c1nccs1. The molecule has 0 N–H and O–H groups in total. The van der Waals surface area contributed by atoms with Crippen molar-refractivity contribution in [3.63, 3.8) is 0 Å². The number of nitrogens with zero attached hydrogens (tertiary/aromatic N) is 2. The molecule has 0 unspecified atom stereocenters. The second-order valence-electron chi connectivity index (χ2n) is 1.99. The van der Waals surface area contributed by atoms with Gasteiger partial charge in [0, 0.05) is 17.7 Å². The molecule has 0 amide bonds. The normalized spacial score (nSPS) is 11.1. The smallest absolute Gasteiger partial charge is 0.119 e. The summed E-state index contributed by atoms with van der Waals surface area (Å²) in [6.07, 6.45) is 4.17. The minimum absolute atomic E-state index is 0.862. The number of thiazole rings is 1. The lowest BCUT2D eigenvalue weighted by Gasteiger charge is -1.93. The molecule has 0 spiro atoms. The number of aromatic nitrogens is 1. The van der Waals surface area contributed by atoms with Gasteiger partial charge in [0.05, 0.1) is 6.07 Å². The molecule has 0 fully saturated rings. The van der Waals surface area contributed by atoms with E-state index in [1.165, 1.54) is 0 Å². The van der Waals surface area contributed by atoms with Crippen molar-refractivity contribution in [2.45, 2.75) is 13.3 Å². The van der Waals surface area contributed by atoms with Gasteiger partial charge in [-0.15, -0.1) is 11.3 Å². The van der Waals surface area contributed by atoms with E-state index in [-0.39, 0.29) is 0 Å². The first-order chi connectivity index (χ1) is 5.38. The van der Waals surface area contributed by atoms with Gasteiger partial charge in [-0.2, -0.15) is 5.26 Å². The predicted octanol–water partition coefficient (Wildman–Crippen LogP) is 2.46. The molecule has 0 atom stereocenters. The van der Waals surface area contributed by atoms with E-state index in [9.17, 15) is 0 Å². The molecule has 11 heavy (non-hydrogen) atoms. The molecule has 0 bridgehead atoms. The average molecular weight is 164 g/mol. The van der Waals surface area contributed by atoms with E-state index in [0.717, 1.165) is 17.0 Å². The molecule has 3 heteroatoms. The second-order valence-corrected chi connectivity index (χ2v) is 2.88. The van der Waals surface area contributed by atoms with Crippen LogP contribution in [-0.2, 0) is 0 Å². The molecule has 0 aliphatic carbocycles. The highest BCUT2D eigenvalue weighted by atomic mass is 32.1. The number of allylic oxidation sites excluding steroid dienone is 2. The van der Waals surface area contributed by atoms with Crippen LogP contribution in [0.15, 0.2) is 17.7 Å². The molecule has 56 valence electrons. The monoisotopic (exact) mass is 164 g/mol. The van der Waals surface area contributed by atoms with E-state index in [2.05, 4.69) is 4.98 Å². The third-order valence-electron chi connectivity index (χ3n) is 1.33. The molecule has 1 aromatic rings. The number of hydrogen-bond donors (Lipinski definition) is 0. The standard InChI is InChI=1S/C8H8N2S/c1-2-7(3-4-9)8-10-5-6-11-8/h3,5-6H,2H2,1H3. The first-order valence-corrected chi connectivity index (χ1v) is 4.25. The highest BCUT2D eigenvalue weighted by Crippen LogP contribution is 2.19. The van der Waals surface area contributed by atoms with Gasteiger partial charge in [-0.3, -0.25) is 0 Å². The molecular formula is C8H8N2S. The van der Waals surface area contributed by atoms with Crippen LogP contribution >= 0.6 is 11.3 Å². The number of nitriles is 1. The Bertz CT molecular complexity index is 280. The van der Waals surface area contributed by atoms with E-state index in [1.807, 2.05) is 18.4 Å². The van der Waals surface area contributed by atoms with Crippen molar-refractivity contribution in [3.05, 3.63) is 22.7 Å². The van der Waals surface area contributed by atoms with Crippen molar-refractivity contribution in [1.82, 2.24) is 4.98 Å². The second kappa shape index (κ2) is 3.89. The Morgan fingerprint density at radius 2 is 2.73 bits per heavy atom. The molecule has 0 radical (unpaired) electrons. The Hall–Kier alpha value is -1.14. The van der Waals surface area contributed by atoms with Crippen molar-refractivity contribution < 1.29 is 0 Å². The highest BCUT2D eigenvalue weighted by Gasteiger charge is 1.99. The van der Waals surface area contributed by atoms with Gasteiger partial charge in [0.1, 0.15) is 5.01 Å². The first kappa shape index (κ1) is 7.96. The van der Waals surface area contributed by atoms with Crippen LogP contribution in [0, 0.1) is 11.3 Å². The van der Waals surface area contributed by atoms with Gasteiger partial charge in [0.15, 0.2) is 0 Å². The number of hydrogen-bond acceptors (Lipinski definition) is 3. The van der Waals surface area contributed by atoms with Crippen molar-refractivity contribution in [2.75, 3.05) is 0 Å². The minimum Gasteiger partial charge on any atom is -0.245 e. The van der Waals surface area contributed by atoms with E-state index >= 15 is 0 Å². The summed E-state index contributed by atoms with van der Waals surface area (Å²) in [4.78, 5) is 4.11. The Morgan fingerprint density at radius 3 is 3.18 bits per heavy atom.